The van der Waals surface area contributed by atoms with E-state index >= 15 is 0 Å². The molecule has 0 atom stereocenters. The van der Waals surface area contributed by atoms with E-state index in [1.54, 1.807) is 42.7 Å². The second kappa shape index (κ2) is 8.30. The summed E-state index contributed by atoms with van der Waals surface area (Å²) in [5.41, 5.74) is 2.04. The summed E-state index contributed by atoms with van der Waals surface area (Å²) in [6, 6.07) is 8.63. The number of aromatic nitrogens is 3. The van der Waals surface area contributed by atoms with Crippen LogP contribution in [0.3, 0.4) is 0 Å². The Morgan fingerprint density at radius 1 is 1.15 bits per heavy atom. The molecule has 0 radical (unpaired) electrons. The molecule has 0 spiro atoms. The summed E-state index contributed by atoms with van der Waals surface area (Å²) in [6.45, 7) is 0.374. The number of carbonyl (C=O) groups excluding carboxylic acids is 2. The van der Waals surface area contributed by atoms with E-state index in [-0.39, 0.29) is 18.3 Å². The standard InChI is InChI=1S/C18H16N4O3S/c1-25-18(24)13-5-3-12(4-6-13)10-21-15(23)9-14-11-26-17(22-14)16-19-7-2-8-20-16/h2-8,11H,9-10H2,1H3,(H,21,23). The van der Waals surface area contributed by atoms with Crippen molar-refractivity contribution in [2.45, 2.75) is 13.0 Å². The fourth-order valence-corrected chi connectivity index (χ4v) is 2.97. The van der Waals surface area contributed by atoms with E-state index in [2.05, 4.69) is 25.0 Å². The number of hydrogen-bond donors (Lipinski definition) is 1. The van der Waals surface area contributed by atoms with Crippen molar-refractivity contribution in [1.29, 1.82) is 0 Å². The summed E-state index contributed by atoms with van der Waals surface area (Å²) in [5.74, 6) is 0.0325. The highest BCUT2D eigenvalue weighted by atomic mass is 32.1. The van der Waals surface area contributed by atoms with Gasteiger partial charge < -0.3 is 10.1 Å². The predicted octanol–water partition coefficient (Wildman–Crippen LogP) is 2.25. The van der Waals surface area contributed by atoms with Gasteiger partial charge in [0.2, 0.25) is 5.91 Å². The average molecular weight is 368 g/mol. The molecule has 3 aromatic rings. The van der Waals surface area contributed by atoms with Crippen molar-refractivity contribution in [1.82, 2.24) is 20.3 Å². The molecule has 0 bridgehead atoms. The van der Waals surface area contributed by atoms with E-state index in [9.17, 15) is 9.59 Å². The molecule has 0 saturated heterocycles. The Morgan fingerprint density at radius 3 is 2.58 bits per heavy atom. The van der Waals surface area contributed by atoms with Gasteiger partial charge in [0.15, 0.2) is 10.8 Å². The number of hydrogen-bond acceptors (Lipinski definition) is 7. The molecule has 8 heteroatoms. The number of amides is 1. The minimum Gasteiger partial charge on any atom is -0.465 e. The van der Waals surface area contributed by atoms with E-state index in [4.69, 9.17) is 0 Å². The fraction of sp³-hybridized carbons (Fsp3) is 0.167. The maximum atomic E-state index is 12.1. The molecule has 2 heterocycles. The van der Waals surface area contributed by atoms with E-state index in [1.807, 2.05) is 5.38 Å². The van der Waals surface area contributed by atoms with Gasteiger partial charge in [0.05, 0.1) is 24.8 Å². The fourth-order valence-electron chi connectivity index (χ4n) is 2.20. The van der Waals surface area contributed by atoms with E-state index in [0.29, 0.717) is 28.6 Å². The zero-order chi connectivity index (χ0) is 18.4. The Bertz CT molecular complexity index is 894. The van der Waals surface area contributed by atoms with Gasteiger partial charge in [-0.25, -0.2) is 19.7 Å². The van der Waals surface area contributed by atoms with Crippen LogP contribution in [-0.2, 0) is 22.5 Å². The largest absolute Gasteiger partial charge is 0.465 e. The topological polar surface area (TPSA) is 94.1 Å². The Kier molecular flexibility index (Phi) is 5.65. The monoisotopic (exact) mass is 368 g/mol. The average Bonchev–Trinajstić information content (AvgIpc) is 3.15. The zero-order valence-electron chi connectivity index (χ0n) is 14.0. The second-order valence-corrected chi connectivity index (χ2v) is 6.22. The highest BCUT2D eigenvalue weighted by Gasteiger charge is 2.10. The van der Waals surface area contributed by atoms with Crippen LogP contribution in [0.5, 0.6) is 0 Å². The van der Waals surface area contributed by atoms with Crippen LogP contribution in [0.2, 0.25) is 0 Å². The first-order valence-corrected chi connectivity index (χ1v) is 8.69. The van der Waals surface area contributed by atoms with Crippen LogP contribution in [0.1, 0.15) is 21.6 Å². The second-order valence-electron chi connectivity index (χ2n) is 5.36. The normalized spacial score (nSPS) is 10.3. The molecule has 132 valence electrons. The Hall–Kier alpha value is -3.13. The number of ether oxygens (including phenoxy) is 1. The van der Waals surface area contributed by atoms with Gasteiger partial charge in [0, 0.05) is 24.3 Å². The number of rotatable bonds is 6. The maximum absolute atomic E-state index is 12.1. The number of nitrogens with one attached hydrogen (secondary N) is 1. The molecule has 0 unspecified atom stereocenters. The van der Waals surface area contributed by atoms with Crippen molar-refractivity contribution in [3.8, 4) is 10.8 Å². The van der Waals surface area contributed by atoms with Crippen LogP contribution in [0, 0.1) is 0 Å². The summed E-state index contributed by atoms with van der Waals surface area (Å²) in [7, 11) is 1.34. The Morgan fingerprint density at radius 2 is 1.88 bits per heavy atom. The number of esters is 1. The smallest absolute Gasteiger partial charge is 0.337 e. The summed E-state index contributed by atoms with van der Waals surface area (Å²) in [4.78, 5) is 36.2. The van der Waals surface area contributed by atoms with Crippen LogP contribution < -0.4 is 5.32 Å². The van der Waals surface area contributed by atoms with Crippen molar-refractivity contribution in [3.63, 3.8) is 0 Å². The molecule has 0 aliphatic rings. The van der Waals surface area contributed by atoms with Gasteiger partial charge in [-0.05, 0) is 23.8 Å². The van der Waals surface area contributed by atoms with Crippen LogP contribution in [0.4, 0.5) is 0 Å². The highest BCUT2D eigenvalue weighted by Crippen LogP contribution is 2.19. The first kappa shape index (κ1) is 17.7. The SMILES string of the molecule is COC(=O)c1ccc(CNC(=O)Cc2csc(-c3ncccn3)n2)cc1. The quantitative estimate of drug-likeness (QED) is 0.671. The summed E-state index contributed by atoms with van der Waals surface area (Å²) < 4.78 is 4.65. The molecule has 26 heavy (non-hydrogen) atoms. The summed E-state index contributed by atoms with van der Waals surface area (Å²) >= 11 is 1.41. The maximum Gasteiger partial charge on any atom is 0.337 e. The third-order valence-corrected chi connectivity index (χ3v) is 4.40. The number of methoxy groups -OCH3 is 1. The van der Waals surface area contributed by atoms with Crippen LogP contribution in [-0.4, -0.2) is 33.9 Å². The molecule has 0 fully saturated rings. The van der Waals surface area contributed by atoms with Gasteiger partial charge in [0.25, 0.3) is 0 Å². The van der Waals surface area contributed by atoms with E-state index in [0.717, 1.165) is 5.56 Å². The van der Waals surface area contributed by atoms with E-state index < -0.39 is 0 Å². The van der Waals surface area contributed by atoms with Crippen molar-refractivity contribution >= 4 is 23.2 Å². The van der Waals surface area contributed by atoms with Gasteiger partial charge in [-0.3, -0.25) is 4.79 Å². The lowest BCUT2D eigenvalue weighted by molar-refractivity contribution is -0.120. The highest BCUT2D eigenvalue weighted by molar-refractivity contribution is 7.13. The molecule has 1 amide bonds. The molecule has 0 aliphatic carbocycles. The number of nitrogens with zero attached hydrogens (tertiary/aromatic N) is 3. The van der Waals surface area contributed by atoms with Crippen LogP contribution in [0.15, 0.2) is 48.1 Å². The van der Waals surface area contributed by atoms with Crippen molar-refractivity contribution in [2.24, 2.45) is 0 Å². The third-order valence-electron chi connectivity index (χ3n) is 3.52. The summed E-state index contributed by atoms with van der Waals surface area (Å²) in [5, 5.41) is 5.35. The molecule has 3 rings (SSSR count). The molecule has 1 aromatic carbocycles. The predicted molar refractivity (Wildman–Crippen MR) is 96.5 cm³/mol. The van der Waals surface area contributed by atoms with Gasteiger partial charge in [-0.2, -0.15) is 0 Å². The lowest BCUT2D eigenvalue weighted by Gasteiger charge is -2.05. The zero-order valence-corrected chi connectivity index (χ0v) is 14.8. The summed E-state index contributed by atoms with van der Waals surface area (Å²) in [6.07, 6.45) is 3.49. The Labute approximate surface area is 154 Å². The molecule has 2 aromatic heterocycles. The van der Waals surface area contributed by atoms with Crippen LogP contribution in [0.25, 0.3) is 10.8 Å². The van der Waals surface area contributed by atoms with E-state index in [1.165, 1.54) is 18.4 Å². The lowest BCUT2D eigenvalue weighted by Crippen LogP contribution is -2.24. The Balaban J connectivity index is 1.53. The molecule has 7 nitrogen and oxygen atoms in total. The van der Waals surface area contributed by atoms with Crippen molar-refractivity contribution in [2.75, 3.05) is 7.11 Å². The van der Waals surface area contributed by atoms with Crippen LogP contribution >= 0.6 is 11.3 Å². The molecule has 1 N–H and O–H groups in total. The van der Waals surface area contributed by atoms with Gasteiger partial charge >= 0.3 is 5.97 Å². The minimum atomic E-state index is -0.387. The number of carbonyl (C=O) groups is 2. The first-order chi connectivity index (χ1) is 12.7. The molecule has 0 saturated carbocycles. The number of thiazole rings is 1. The van der Waals surface area contributed by atoms with Crippen molar-refractivity contribution < 1.29 is 14.3 Å². The lowest BCUT2D eigenvalue weighted by atomic mass is 10.1. The molecular formula is C18H16N4O3S. The third kappa shape index (κ3) is 4.48. The number of benzene rings is 1. The minimum absolute atomic E-state index is 0.132. The molecule has 0 aliphatic heterocycles. The van der Waals surface area contributed by atoms with Gasteiger partial charge in [-0.15, -0.1) is 11.3 Å². The first-order valence-electron chi connectivity index (χ1n) is 7.81. The van der Waals surface area contributed by atoms with Gasteiger partial charge in [-0.1, -0.05) is 12.1 Å². The molecular weight excluding hydrogens is 352 g/mol. The van der Waals surface area contributed by atoms with Gasteiger partial charge in [0.1, 0.15) is 0 Å². The van der Waals surface area contributed by atoms with Crippen molar-refractivity contribution in [3.05, 3.63) is 64.9 Å².